The third-order valence-corrected chi connectivity index (χ3v) is 7.64. The van der Waals surface area contributed by atoms with Crippen LogP contribution in [0.25, 0.3) is 12.2 Å². The molecule has 0 spiro atoms. The van der Waals surface area contributed by atoms with Crippen molar-refractivity contribution in [3.63, 3.8) is 0 Å². The first kappa shape index (κ1) is 27.9. The molecule has 2 saturated heterocycles. The zero-order chi connectivity index (χ0) is 26.2. The van der Waals surface area contributed by atoms with Gasteiger partial charge in [0, 0.05) is 38.6 Å². The molecule has 2 aliphatic heterocycles. The van der Waals surface area contributed by atoms with Crippen molar-refractivity contribution in [1.29, 1.82) is 0 Å². The van der Waals surface area contributed by atoms with Crippen molar-refractivity contribution in [2.75, 3.05) is 37.0 Å². The zero-order valence-corrected chi connectivity index (χ0v) is 23.8. The van der Waals surface area contributed by atoms with Crippen molar-refractivity contribution < 1.29 is 9.59 Å². The van der Waals surface area contributed by atoms with E-state index in [1.165, 1.54) is 29.2 Å². The summed E-state index contributed by atoms with van der Waals surface area (Å²) in [7, 11) is 3.98. The Morgan fingerprint density at radius 2 is 1.11 bits per heavy atom. The summed E-state index contributed by atoms with van der Waals surface area (Å²) in [6.45, 7) is 6.26. The lowest BCUT2D eigenvalue weighted by Crippen LogP contribution is -2.21. The highest BCUT2D eigenvalue weighted by atomic mass is 32.2. The van der Waals surface area contributed by atoms with Gasteiger partial charge < -0.3 is 20.4 Å². The van der Waals surface area contributed by atoms with Gasteiger partial charge in [0.05, 0.1) is 9.81 Å². The van der Waals surface area contributed by atoms with Gasteiger partial charge in [-0.2, -0.15) is 0 Å². The minimum atomic E-state index is -0.114. The summed E-state index contributed by atoms with van der Waals surface area (Å²) in [5.41, 5.74) is 4.34. The average Bonchev–Trinajstić information content (AvgIpc) is 3.34. The summed E-state index contributed by atoms with van der Waals surface area (Å²) >= 11 is 12.5. The molecule has 6 nitrogen and oxygen atoms in total. The van der Waals surface area contributed by atoms with Crippen molar-refractivity contribution in [3.8, 4) is 0 Å². The molecule has 0 bridgehead atoms. The van der Waals surface area contributed by atoms with Crippen LogP contribution in [0.5, 0.6) is 0 Å². The molecule has 0 saturated carbocycles. The predicted octanol–water partition coefficient (Wildman–Crippen LogP) is 5.26. The second-order valence-corrected chi connectivity index (χ2v) is 11.4. The van der Waals surface area contributed by atoms with E-state index >= 15 is 0 Å². The van der Waals surface area contributed by atoms with E-state index in [1.807, 2.05) is 67.5 Å². The molecule has 188 valence electrons. The predicted molar refractivity (Wildman–Crippen MR) is 163 cm³/mol. The Bertz CT molecular complexity index is 1200. The molecular formula is C26H28N4O2S4. The van der Waals surface area contributed by atoms with Gasteiger partial charge in [0.15, 0.2) is 0 Å². The molecule has 2 heterocycles. The molecule has 0 radical (unpaired) electrons. The smallest absolute Gasteiger partial charge is 0.263 e. The maximum atomic E-state index is 11.6. The Balaban J connectivity index is 0.000000202. The lowest BCUT2D eigenvalue weighted by atomic mass is 10.2. The Labute approximate surface area is 231 Å². The number of anilines is 2. The molecule has 36 heavy (non-hydrogen) atoms. The number of amides is 2. The molecule has 2 aromatic carbocycles. The summed E-state index contributed by atoms with van der Waals surface area (Å²) in [4.78, 5) is 28.6. The van der Waals surface area contributed by atoms with Crippen LogP contribution in [0.15, 0.2) is 58.3 Å². The summed E-state index contributed by atoms with van der Waals surface area (Å²) in [5.74, 6) is -0.223. The van der Waals surface area contributed by atoms with Crippen molar-refractivity contribution in [2.45, 2.75) is 13.8 Å². The van der Waals surface area contributed by atoms with Crippen LogP contribution in [-0.2, 0) is 9.59 Å². The Morgan fingerprint density at radius 1 is 0.722 bits per heavy atom. The standard InChI is InChI=1S/C14H16N2OS2.C12H12N2OS2/c1-3-16(4-2)11-7-5-10(6-8-11)9-12-13(17)15-14(18)19-12;1-14(2)9-5-3-8(4-6-9)7-10-11(15)13-12(16)17-10/h5-9H,3-4H2,1-2H3,(H,15,17,18);3-7H,1-2H3,(H,13,15,16). The fourth-order valence-corrected chi connectivity index (χ4v) is 5.47. The van der Waals surface area contributed by atoms with E-state index in [1.54, 1.807) is 0 Å². The third kappa shape index (κ3) is 7.67. The number of carbonyl (C=O) groups is 2. The van der Waals surface area contributed by atoms with Gasteiger partial charge in [-0.25, -0.2) is 0 Å². The molecule has 0 aromatic heterocycles. The number of thioether (sulfide) groups is 2. The van der Waals surface area contributed by atoms with Gasteiger partial charge in [-0.15, -0.1) is 0 Å². The van der Waals surface area contributed by atoms with Gasteiger partial charge in [0.25, 0.3) is 11.8 Å². The van der Waals surface area contributed by atoms with Crippen molar-refractivity contribution >= 4 is 91.9 Å². The number of benzene rings is 2. The quantitative estimate of drug-likeness (QED) is 0.369. The first-order valence-corrected chi connectivity index (χ1v) is 13.8. The fraction of sp³-hybridized carbons (Fsp3) is 0.231. The molecule has 4 rings (SSSR count). The minimum Gasteiger partial charge on any atom is -0.378 e. The van der Waals surface area contributed by atoms with Crippen molar-refractivity contribution in [2.24, 2.45) is 0 Å². The summed E-state index contributed by atoms with van der Waals surface area (Å²) in [6.07, 6.45) is 3.71. The Hall–Kier alpha value is -2.66. The summed E-state index contributed by atoms with van der Waals surface area (Å²) in [6, 6.07) is 16.2. The second kappa shape index (κ2) is 13.0. The number of nitrogens with zero attached hydrogens (tertiary/aromatic N) is 2. The Kier molecular flexibility index (Phi) is 10.1. The van der Waals surface area contributed by atoms with Crippen LogP contribution in [0.2, 0.25) is 0 Å². The first-order chi connectivity index (χ1) is 17.2. The molecule has 0 atom stereocenters. The topological polar surface area (TPSA) is 64.7 Å². The molecule has 0 unspecified atom stereocenters. The van der Waals surface area contributed by atoms with Gasteiger partial charge in [0.2, 0.25) is 0 Å². The van der Waals surface area contributed by atoms with E-state index in [2.05, 4.69) is 41.5 Å². The normalized spacial score (nSPS) is 17.1. The molecule has 2 aromatic rings. The van der Waals surface area contributed by atoms with Gasteiger partial charge in [-0.3, -0.25) is 9.59 Å². The van der Waals surface area contributed by atoms with Crippen LogP contribution < -0.4 is 20.4 Å². The van der Waals surface area contributed by atoms with Gasteiger partial charge in [0.1, 0.15) is 8.64 Å². The molecule has 2 N–H and O–H groups in total. The lowest BCUT2D eigenvalue weighted by molar-refractivity contribution is -0.116. The molecule has 2 aliphatic rings. The van der Waals surface area contributed by atoms with Crippen LogP contribution in [0, 0.1) is 0 Å². The van der Waals surface area contributed by atoms with Gasteiger partial charge in [-0.05, 0) is 61.4 Å². The zero-order valence-electron chi connectivity index (χ0n) is 20.5. The van der Waals surface area contributed by atoms with Crippen LogP contribution in [0.4, 0.5) is 11.4 Å². The Morgan fingerprint density at radius 3 is 1.42 bits per heavy atom. The van der Waals surface area contributed by atoms with E-state index in [0.29, 0.717) is 18.5 Å². The number of thiocarbonyl (C=S) groups is 2. The second-order valence-electron chi connectivity index (χ2n) is 7.95. The number of hydrogen-bond donors (Lipinski definition) is 2. The molecule has 2 fully saturated rings. The fourth-order valence-electron chi connectivity index (χ4n) is 3.38. The largest absolute Gasteiger partial charge is 0.378 e. The molecule has 2 amide bonds. The number of nitrogens with one attached hydrogen (secondary N) is 2. The SMILES string of the molecule is CCN(CC)c1ccc(C=C2SC(=S)NC2=O)cc1.CN(C)c1ccc(C=C2SC(=S)NC2=O)cc1. The van der Waals surface area contributed by atoms with E-state index in [0.717, 1.165) is 29.9 Å². The van der Waals surface area contributed by atoms with E-state index in [9.17, 15) is 9.59 Å². The maximum Gasteiger partial charge on any atom is 0.263 e. The molecular weight excluding hydrogens is 529 g/mol. The van der Waals surface area contributed by atoms with Crippen molar-refractivity contribution in [3.05, 3.63) is 69.5 Å². The highest BCUT2D eigenvalue weighted by Gasteiger charge is 2.22. The average molecular weight is 557 g/mol. The van der Waals surface area contributed by atoms with Gasteiger partial charge >= 0.3 is 0 Å². The molecule has 0 aliphatic carbocycles. The number of carbonyl (C=O) groups excluding carboxylic acids is 2. The first-order valence-electron chi connectivity index (χ1n) is 11.3. The van der Waals surface area contributed by atoms with E-state index in [4.69, 9.17) is 24.4 Å². The minimum absolute atomic E-state index is 0.109. The maximum absolute atomic E-state index is 11.6. The van der Waals surface area contributed by atoms with Gasteiger partial charge in [-0.1, -0.05) is 72.2 Å². The highest BCUT2D eigenvalue weighted by molar-refractivity contribution is 8.27. The van der Waals surface area contributed by atoms with E-state index < -0.39 is 0 Å². The third-order valence-electron chi connectivity index (χ3n) is 5.31. The monoisotopic (exact) mass is 556 g/mol. The number of hydrogen-bond acceptors (Lipinski definition) is 8. The summed E-state index contributed by atoms with van der Waals surface area (Å²) in [5, 5.41) is 5.21. The number of rotatable bonds is 6. The summed E-state index contributed by atoms with van der Waals surface area (Å²) < 4.78 is 1.04. The van der Waals surface area contributed by atoms with Crippen LogP contribution in [-0.4, -0.2) is 47.6 Å². The lowest BCUT2D eigenvalue weighted by Gasteiger charge is -2.20. The molecule has 10 heteroatoms. The van der Waals surface area contributed by atoms with E-state index in [-0.39, 0.29) is 11.8 Å². The van der Waals surface area contributed by atoms with Crippen LogP contribution in [0.3, 0.4) is 0 Å². The van der Waals surface area contributed by atoms with Crippen LogP contribution >= 0.6 is 48.0 Å². The highest BCUT2D eigenvalue weighted by Crippen LogP contribution is 2.27. The van der Waals surface area contributed by atoms with Crippen LogP contribution in [0.1, 0.15) is 25.0 Å². The van der Waals surface area contributed by atoms with Crippen molar-refractivity contribution in [1.82, 2.24) is 10.6 Å².